The summed E-state index contributed by atoms with van der Waals surface area (Å²) < 4.78 is 1.85. The van der Waals surface area contributed by atoms with Gasteiger partial charge in [0.25, 0.3) is 0 Å². The van der Waals surface area contributed by atoms with Crippen LogP contribution in [0.15, 0.2) is 12.4 Å². The van der Waals surface area contributed by atoms with Crippen LogP contribution < -0.4 is 11.5 Å². The van der Waals surface area contributed by atoms with Gasteiger partial charge in [-0.05, 0) is 25.8 Å². The van der Waals surface area contributed by atoms with Gasteiger partial charge >= 0.3 is 0 Å². The first-order valence-corrected chi connectivity index (χ1v) is 5.07. The number of nitrogens with zero attached hydrogens (tertiary/aromatic N) is 2. The molecule has 0 spiro atoms. The standard InChI is InChI=1S/C10H18N4O/c1-7(2)14-6-8(5-13-14)3-9(4-11)10(12)15/h5-7,9H,3-4,11H2,1-2H3,(H2,12,15). The lowest BCUT2D eigenvalue weighted by Crippen LogP contribution is -2.31. The monoisotopic (exact) mass is 210 g/mol. The average Bonchev–Trinajstić information content (AvgIpc) is 2.61. The summed E-state index contributed by atoms with van der Waals surface area (Å²) in [6, 6.07) is 0.323. The molecule has 1 aromatic heterocycles. The minimum atomic E-state index is -0.352. The molecule has 1 rings (SSSR count). The number of carbonyl (C=O) groups is 1. The normalized spacial score (nSPS) is 13.1. The zero-order valence-electron chi connectivity index (χ0n) is 9.18. The molecule has 15 heavy (non-hydrogen) atoms. The van der Waals surface area contributed by atoms with Gasteiger partial charge in [0.15, 0.2) is 0 Å². The van der Waals surface area contributed by atoms with E-state index in [2.05, 4.69) is 5.10 Å². The fourth-order valence-corrected chi connectivity index (χ4v) is 1.35. The first-order chi connectivity index (χ1) is 7.04. The van der Waals surface area contributed by atoms with E-state index in [0.717, 1.165) is 5.56 Å². The molecule has 4 N–H and O–H groups in total. The molecule has 0 aliphatic carbocycles. The fourth-order valence-electron chi connectivity index (χ4n) is 1.35. The summed E-state index contributed by atoms with van der Waals surface area (Å²) in [4.78, 5) is 11.0. The van der Waals surface area contributed by atoms with Crippen LogP contribution in [0.5, 0.6) is 0 Å². The SMILES string of the molecule is CC(C)n1cc(CC(CN)C(N)=O)cn1. The van der Waals surface area contributed by atoms with Crippen LogP contribution in [0.25, 0.3) is 0 Å². The number of rotatable bonds is 5. The highest BCUT2D eigenvalue weighted by atomic mass is 16.1. The molecule has 1 atom stereocenters. The van der Waals surface area contributed by atoms with Gasteiger partial charge in [-0.3, -0.25) is 9.48 Å². The topological polar surface area (TPSA) is 86.9 Å². The maximum Gasteiger partial charge on any atom is 0.222 e. The predicted molar refractivity (Wildman–Crippen MR) is 58.1 cm³/mol. The molecule has 0 aromatic carbocycles. The first kappa shape index (κ1) is 11.7. The molecule has 0 fully saturated rings. The molecule has 1 amide bonds. The summed E-state index contributed by atoms with van der Waals surface area (Å²) in [6.07, 6.45) is 4.25. The summed E-state index contributed by atoms with van der Waals surface area (Å²) in [5, 5.41) is 4.19. The fraction of sp³-hybridized carbons (Fsp3) is 0.600. The Morgan fingerprint density at radius 1 is 1.60 bits per heavy atom. The highest BCUT2D eigenvalue weighted by molar-refractivity contribution is 5.77. The molecule has 0 saturated heterocycles. The third kappa shape index (κ3) is 3.06. The predicted octanol–water partition coefficient (Wildman–Crippen LogP) is 0.0667. The van der Waals surface area contributed by atoms with E-state index in [9.17, 15) is 4.79 Å². The Bertz CT molecular complexity index is 332. The maximum atomic E-state index is 11.0. The van der Waals surface area contributed by atoms with Crippen molar-refractivity contribution in [2.45, 2.75) is 26.3 Å². The number of carbonyl (C=O) groups excluding carboxylic acids is 1. The van der Waals surface area contributed by atoms with Gasteiger partial charge in [0.1, 0.15) is 0 Å². The molecular weight excluding hydrogens is 192 g/mol. The van der Waals surface area contributed by atoms with Crippen LogP contribution >= 0.6 is 0 Å². The van der Waals surface area contributed by atoms with Crippen LogP contribution in [0.1, 0.15) is 25.5 Å². The maximum absolute atomic E-state index is 11.0. The second kappa shape index (κ2) is 4.93. The third-order valence-electron chi connectivity index (χ3n) is 2.35. The molecule has 5 heteroatoms. The van der Waals surface area contributed by atoms with Gasteiger partial charge in [-0.25, -0.2) is 0 Å². The van der Waals surface area contributed by atoms with E-state index in [1.165, 1.54) is 0 Å². The van der Waals surface area contributed by atoms with Gasteiger partial charge in [0.05, 0.1) is 12.1 Å². The zero-order valence-corrected chi connectivity index (χ0v) is 9.18. The molecular formula is C10H18N4O. The Hall–Kier alpha value is -1.36. The smallest absolute Gasteiger partial charge is 0.222 e. The van der Waals surface area contributed by atoms with Gasteiger partial charge in [-0.2, -0.15) is 5.10 Å². The molecule has 0 radical (unpaired) electrons. The van der Waals surface area contributed by atoms with Crippen LogP contribution in [-0.2, 0) is 11.2 Å². The Balaban J connectivity index is 2.67. The molecule has 1 aromatic rings. The second-order valence-corrected chi connectivity index (χ2v) is 3.96. The number of nitrogens with two attached hydrogens (primary N) is 2. The van der Waals surface area contributed by atoms with Crippen LogP contribution in [-0.4, -0.2) is 22.2 Å². The summed E-state index contributed by atoms with van der Waals surface area (Å²) >= 11 is 0. The van der Waals surface area contributed by atoms with E-state index in [0.29, 0.717) is 12.5 Å². The van der Waals surface area contributed by atoms with Gasteiger partial charge in [0.2, 0.25) is 5.91 Å². The van der Waals surface area contributed by atoms with Crippen molar-refractivity contribution in [1.82, 2.24) is 9.78 Å². The van der Waals surface area contributed by atoms with Gasteiger partial charge in [-0.15, -0.1) is 0 Å². The number of hydrogen-bond acceptors (Lipinski definition) is 3. The van der Waals surface area contributed by atoms with Crippen molar-refractivity contribution in [3.05, 3.63) is 18.0 Å². The van der Waals surface area contributed by atoms with Gasteiger partial charge in [0, 0.05) is 18.8 Å². The molecule has 0 aliphatic heterocycles. The Kier molecular flexibility index (Phi) is 3.85. The quantitative estimate of drug-likeness (QED) is 0.720. The molecule has 1 heterocycles. The lowest BCUT2D eigenvalue weighted by Gasteiger charge is -2.08. The van der Waals surface area contributed by atoms with Crippen LogP contribution in [0, 0.1) is 5.92 Å². The van der Waals surface area contributed by atoms with E-state index < -0.39 is 0 Å². The van der Waals surface area contributed by atoms with E-state index >= 15 is 0 Å². The Morgan fingerprint density at radius 3 is 2.67 bits per heavy atom. The van der Waals surface area contributed by atoms with E-state index in [1.807, 2.05) is 24.7 Å². The lowest BCUT2D eigenvalue weighted by molar-refractivity contribution is -0.121. The average molecular weight is 210 g/mol. The number of hydrogen-bond donors (Lipinski definition) is 2. The third-order valence-corrected chi connectivity index (χ3v) is 2.35. The minimum Gasteiger partial charge on any atom is -0.369 e. The largest absolute Gasteiger partial charge is 0.369 e. The number of amides is 1. The van der Waals surface area contributed by atoms with E-state index in [1.54, 1.807) is 6.20 Å². The van der Waals surface area contributed by atoms with Crippen molar-refractivity contribution in [3.8, 4) is 0 Å². The zero-order chi connectivity index (χ0) is 11.4. The Morgan fingerprint density at radius 2 is 2.27 bits per heavy atom. The summed E-state index contributed by atoms with van der Waals surface area (Å²) in [5.41, 5.74) is 11.7. The highest BCUT2D eigenvalue weighted by Gasteiger charge is 2.15. The summed E-state index contributed by atoms with van der Waals surface area (Å²) in [6.45, 7) is 4.37. The minimum absolute atomic E-state index is 0.280. The highest BCUT2D eigenvalue weighted by Crippen LogP contribution is 2.10. The lowest BCUT2D eigenvalue weighted by atomic mass is 10.0. The first-order valence-electron chi connectivity index (χ1n) is 5.07. The molecule has 0 bridgehead atoms. The van der Waals surface area contributed by atoms with Crippen LogP contribution in [0.2, 0.25) is 0 Å². The summed E-state index contributed by atoms with van der Waals surface area (Å²) in [7, 11) is 0. The van der Waals surface area contributed by atoms with Crippen molar-refractivity contribution >= 4 is 5.91 Å². The molecule has 0 saturated carbocycles. The molecule has 1 unspecified atom stereocenters. The van der Waals surface area contributed by atoms with Crippen LogP contribution in [0.3, 0.4) is 0 Å². The van der Waals surface area contributed by atoms with Crippen molar-refractivity contribution < 1.29 is 4.79 Å². The second-order valence-electron chi connectivity index (χ2n) is 3.96. The van der Waals surface area contributed by atoms with Gasteiger partial charge in [-0.1, -0.05) is 0 Å². The molecule has 84 valence electrons. The summed E-state index contributed by atoms with van der Waals surface area (Å²) in [5.74, 6) is -0.649. The van der Waals surface area contributed by atoms with Crippen molar-refractivity contribution in [2.75, 3.05) is 6.54 Å². The van der Waals surface area contributed by atoms with Crippen molar-refractivity contribution in [3.63, 3.8) is 0 Å². The molecule has 5 nitrogen and oxygen atoms in total. The van der Waals surface area contributed by atoms with E-state index in [-0.39, 0.29) is 18.4 Å². The van der Waals surface area contributed by atoms with Crippen LogP contribution in [0.4, 0.5) is 0 Å². The van der Waals surface area contributed by atoms with Crippen molar-refractivity contribution in [1.29, 1.82) is 0 Å². The number of primary amides is 1. The Labute approximate surface area is 89.4 Å². The van der Waals surface area contributed by atoms with Gasteiger partial charge < -0.3 is 11.5 Å². The van der Waals surface area contributed by atoms with Crippen molar-refractivity contribution in [2.24, 2.45) is 17.4 Å². The number of aromatic nitrogens is 2. The molecule has 0 aliphatic rings. The van der Waals surface area contributed by atoms with E-state index in [4.69, 9.17) is 11.5 Å².